The summed E-state index contributed by atoms with van der Waals surface area (Å²) in [6.45, 7) is 6.98. The molecule has 1 aliphatic rings. The van der Waals surface area contributed by atoms with Crippen LogP contribution in [-0.4, -0.2) is 26.5 Å². The van der Waals surface area contributed by atoms with Gasteiger partial charge in [0.25, 0.3) is 0 Å². The topological polar surface area (TPSA) is 88.1 Å². The molecule has 2 N–H and O–H groups in total. The predicted molar refractivity (Wildman–Crippen MR) is 52.1 cm³/mol. The molecule has 0 saturated carbocycles. The molecule has 0 aliphatic carbocycles. The number of H-pyrrole nitrogens is 1. The van der Waals surface area contributed by atoms with Gasteiger partial charge in [-0.05, 0) is 13.5 Å². The minimum Gasteiger partial charge on any atom is -0.425 e. The zero-order chi connectivity index (χ0) is 9.68. The van der Waals surface area contributed by atoms with E-state index in [0.717, 1.165) is 0 Å². The van der Waals surface area contributed by atoms with Gasteiger partial charge >= 0.3 is 0 Å². The molecular weight excluding hydrogens is 184 g/mol. The predicted octanol–water partition coefficient (Wildman–Crippen LogP) is 0.555. The molecule has 7 heteroatoms. The number of tetrazole rings is 1. The summed E-state index contributed by atoms with van der Waals surface area (Å²) in [4.78, 5) is 0. The molecule has 0 aromatic carbocycles. The maximum absolute atomic E-state index is 4.81. The summed E-state index contributed by atoms with van der Waals surface area (Å²) in [6, 6.07) is 0. The van der Waals surface area contributed by atoms with E-state index < -0.39 is 0 Å². The van der Waals surface area contributed by atoms with Crippen molar-refractivity contribution < 1.29 is 4.74 Å². The summed E-state index contributed by atoms with van der Waals surface area (Å²) >= 11 is 0. The molecule has 2 heterocycles. The third-order valence-electron chi connectivity index (χ3n) is 1.06. The van der Waals surface area contributed by atoms with Gasteiger partial charge in [0, 0.05) is 6.92 Å². The minimum atomic E-state index is 0. The molecule has 78 valence electrons. The molecule has 1 aromatic rings. The van der Waals surface area contributed by atoms with Gasteiger partial charge in [0.05, 0.1) is 0 Å². The first kappa shape index (κ1) is 12.1. The summed E-state index contributed by atoms with van der Waals surface area (Å²) in [5.74, 6) is 1.79. The molecule has 0 unspecified atom stereocenters. The molecule has 14 heavy (non-hydrogen) atoms. The van der Waals surface area contributed by atoms with Crippen molar-refractivity contribution >= 4 is 5.90 Å². The fraction of sp³-hybridized carbons (Fsp3) is 0.429. The van der Waals surface area contributed by atoms with Gasteiger partial charge in [-0.3, -0.25) is 0 Å². The quantitative estimate of drug-likeness (QED) is 0.635. The second-order valence-corrected chi connectivity index (χ2v) is 2.23. The third kappa shape index (κ3) is 4.19. The number of rotatable bonds is 0. The highest BCUT2D eigenvalue weighted by molar-refractivity contribution is 5.75. The third-order valence-corrected chi connectivity index (χ3v) is 1.06. The van der Waals surface area contributed by atoms with Gasteiger partial charge in [-0.15, -0.1) is 15.3 Å². The maximum atomic E-state index is 4.81. The number of hydrogen-bond acceptors (Lipinski definition) is 6. The van der Waals surface area contributed by atoms with Gasteiger partial charge in [0.1, 0.15) is 0 Å². The van der Waals surface area contributed by atoms with Crippen molar-refractivity contribution in [2.24, 2.45) is 5.10 Å². The lowest BCUT2D eigenvalue weighted by atomic mass is 10.8. The van der Waals surface area contributed by atoms with Gasteiger partial charge in [0.2, 0.25) is 11.8 Å². The minimum absolute atomic E-state index is 0. The van der Waals surface area contributed by atoms with Gasteiger partial charge in [-0.2, -0.15) is 5.21 Å². The number of hydrazone groups is 1. The molecule has 1 aliphatic heterocycles. The van der Waals surface area contributed by atoms with Crippen molar-refractivity contribution in [1.82, 2.24) is 26.0 Å². The Morgan fingerprint density at radius 3 is 2.21 bits per heavy atom. The van der Waals surface area contributed by atoms with E-state index in [1.807, 2.05) is 0 Å². The van der Waals surface area contributed by atoms with Crippen LogP contribution in [0.2, 0.25) is 0 Å². The number of nitrogens with zero attached hydrogens (tertiary/aromatic N) is 4. The average Bonchev–Trinajstić information content (AvgIpc) is 2.64. The normalized spacial score (nSPS) is 12.7. The SMILES string of the molecule is C.C=C1NN=C(C)O1.Cc1nn[nH]n1. The van der Waals surface area contributed by atoms with Crippen molar-refractivity contribution in [3.05, 3.63) is 18.3 Å². The number of ether oxygens (including phenoxy) is 1. The summed E-state index contributed by atoms with van der Waals surface area (Å²) in [6.07, 6.45) is 0. The van der Waals surface area contributed by atoms with Crippen molar-refractivity contribution in [1.29, 1.82) is 0 Å². The maximum Gasteiger partial charge on any atom is 0.211 e. The van der Waals surface area contributed by atoms with Crippen LogP contribution in [0.1, 0.15) is 20.2 Å². The van der Waals surface area contributed by atoms with E-state index in [9.17, 15) is 0 Å². The molecule has 0 saturated heterocycles. The number of nitrogens with one attached hydrogen (secondary N) is 2. The first-order valence-corrected chi connectivity index (χ1v) is 3.55. The Morgan fingerprint density at radius 1 is 1.36 bits per heavy atom. The lowest BCUT2D eigenvalue weighted by molar-refractivity contribution is 0.416. The summed E-state index contributed by atoms with van der Waals surface area (Å²) in [5, 5.41) is 16.4. The summed E-state index contributed by atoms with van der Waals surface area (Å²) in [5.41, 5.74) is 2.54. The van der Waals surface area contributed by atoms with Crippen LogP contribution in [-0.2, 0) is 4.74 Å². The number of aryl methyl sites for hydroxylation is 1. The summed E-state index contributed by atoms with van der Waals surface area (Å²) in [7, 11) is 0. The van der Waals surface area contributed by atoms with E-state index in [1.54, 1.807) is 13.8 Å². The average molecular weight is 198 g/mol. The smallest absolute Gasteiger partial charge is 0.211 e. The van der Waals surface area contributed by atoms with Gasteiger partial charge in [0.15, 0.2) is 5.82 Å². The molecule has 0 spiro atoms. The van der Waals surface area contributed by atoms with E-state index in [1.165, 1.54) is 0 Å². The van der Waals surface area contributed by atoms with Crippen molar-refractivity contribution in [3.8, 4) is 0 Å². The van der Waals surface area contributed by atoms with E-state index in [4.69, 9.17) is 4.74 Å². The van der Waals surface area contributed by atoms with Crippen LogP contribution in [0.15, 0.2) is 17.6 Å². The molecule has 1 aromatic heterocycles. The fourth-order valence-corrected chi connectivity index (χ4v) is 0.577. The highest BCUT2D eigenvalue weighted by atomic mass is 16.5. The molecule has 0 fully saturated rings. The number of hydrogen-bond donors (Lipinski definition) is 2. The van der Waals surface area contributed by atoms with Crippen LogP contribution >= 0.6 is 0 Å². The number of aromatic nitrogens is 4. The van der Waals surface area contributed by atoms with E-state index in [2.05, 4.69) is 37.7 Å². The van der Waals surface area contributed by atoms with Crippen LogP contribution in [0, 0.1) is 6.92 Å². The largest absolute Gasteiger partial charge is 0.425 e. The van der Waals surface area contributed by atoms with E-state index >= 15 is 0 Å². The lowest BCUT2D eigenvalue weighted by Crippen LogP contribution is -1.95. The van der Waals surface area contributed by atoms with Crippen molar-refractivity contribution in [2.75, 3.05) is 0 Å². The zero-order valence-corrected chi connectivity index (χ0v) is 7.40. The van der Waals surface area contributed by atoms with Crippen molar-refractivity contribution in [2.45, 2.75) is 21.3 Å². The fourth-order valence-electron chi connectivity index (χ4n) is 0.577. The standard InChI is InChI=1S/C4H6N2O.C2H4N4.CH4/c1-3-5-6-4(2)7-3;1-2-3-5-6-4-2;/h5H,1H2,2H3;1H3,(H,3,4,5,6);1H4. The van der Waals surface area contributed by atoms with Crippen LogP contribution in [0.3, 0.4) is 0 Å². The Kier molecular flexibility index (Phi) is 4.90. The van der Waals surface area contributed by atoms with E-state index in [0.29, 0.717) is 17.6 Å². The van der Waals surface area contributed by atoms with Crippen LogP contribution in [0.5, 0.6) is 0 Å². The molecule has 0 bridgehead atoms. The highest BCUT2D eigenvalue weighted by Crippen LogP contribution is 1.96. The van der Waals surface area contributed by atoms with Crippen LogP contribution in [0.4, 0.5) is 0 Å². The molecule has 7 nitrogen and oxygen atoms in total. The first-order chi connectivity index (χ1) is 6.18. The first-order valence-electron chi connectivity index (χ1n) is 3.55. The zero-order valence-electron chi connectivity index (χ0n) is 7.40. The number of aromatic amines is 1. The monoisotopic (exact) mass is 198 g/mol. The Labute approximate surface area is 82.2 Å². The molecule has 0 radical (unpaired) electrons. The molecular formula is C7H14N6O. The Bertz CT molecular complexity index is 304. The molecule has 0 atom stereocenters. The summed E-state index contributed by atoms with van der Waals surface area (Å²) < 4.78 is 4.81. The van der Waals surface area contributed by atoms with E-state index in [-0.39, 0.29) is 7.43 Å². The second-order valence-electron chi connectivity index (χ2n) is 2.23. The lowest BCUT2D eigenvalue weighted by Gasteiger charge is -1.89. The van der Waals surface area contributed by atoms with Crippen molar-refractivity contribution in [3.63, 3.8) is 0 Å². The Hall–Kier alpha value is -1.92. The van der Waals surface area contributed by atoms with Crippen LogP contribution in [0.25, 0.3) is 0 Å². The van der Waals surface area contributed by atoms with Gasteiger partial charge in [-0.1, -0.05) is 12.6 Å². The molecule has 2 rings (SSSR count). The Morgan fingerprint density at radius 2 is 2.07 bits per heavy atom. The molecule has 0 amide bonds. The van der Waals surface area contributed by atoms with Gasteiger partial charge in [-0.25, -0.2) is 5.43 Å². The second kappa shape index (κ2) is 5.68. The Balaban J connectivity index is 0.000000227. The van der Waals surface area contributed by atoms with Crippen LogP contribution < -0.4 is 5.43 Å². The highest BCUT2D eigenvalue weighted by Gasteiger charge is 2.02. The van der Waals surface area contributed by atoms with Gasteiger partial charge < -0.3 is 4.74 Å².